The van der Waals surface area contributed by atoms with E-state index < -0.39 is 0 Å². The molecule has 0 radical (unpaired) electrons. The van der Waals surface area contributed by atoms with Crippen molar-refractivity contribution in [3.63, 3.8) is 0 Å². The van der Waals surface area contributed by atoms with E-state index in [4.69, 9.17) is 0 Å². The minimum absolute atomic E-state index is 0.718. The molecule has 1 aliphatic heterocycles. The maximum absolute atomic E-state index is 3.53. The second-order valence-electron chi connectivity index (χ2n) is 4.98. The minimum Gasteiger partial charge on any atom is -0.316 e. The van der Waals surface area contributed by atoms with Gasteiger partial charge in [-0.2, -0.15) is 0 Å². The Hall–Kier alpha value is -0.0400. The van der Waals surface area contributed by atoms with Crippen molar-refractivity contribution >= 4 is 0 Å². The van der Waals surface area contributed by atoms with E-state index in [1.54, 1.807) is 0 Å². The van der Waals surface area contributed by atoms with Gasteiger partial charge < -0.3 is 5.32 Å². The molecule has 1 nitrogen and oxygen atoms in total. The lowest BCUT2D eigenvalue weighted by Crippen LogP contribution is -2.24. The van der Waals surface area contributed by atoms with Gasteiger partial charge in [-0.1, -0.05) is 26.2 Å². The van der Waals surface area contributed by atoms with Crippen LogP contribution in [0.25, 0.3) is 0 Å². The molecule has 1 saturated carbocycles. The fourth-order valence-corrected chi connectivity index (χ4v) is 3.12. The highest BCUT2D eigenvalue weighted by atomic mass is 14.9. The number of hydrogen-bond donors (Lipinski definition) is 1. The zero-order valence-electron chi connectivity index (χ0n) is 8.23. The molecule has 0 bridgehead atoms. The first-order valence-electron chi connectivity index (χ1n) is 5.52. The third-order valence-electron chi connectivity index (χ3n) is 3.77. The summed E-state index contributed by atoms with van der Waals surface area (Å²) < 4.78 is 0. The summed E-state index contributed by atoms with van der Waals surface area (Å²) in [5.41, 5.74) is 0.718. The zero-order valence-corrected chi connectivity index (χ0v) is 8.23. The Morgan fingerprint density at radius 1 is 1.25 bits per heavy atom. The summed E-state index contributed by atoms with van der Waals surface area (Å²) in [5.74, 6) is 0.979. The van der Waals surface area contributed by atoms with E-state index in [0.717, 1.165) is 11.3 Å². The fraction of sp³-hybridized carbons (Fsp3) is 1.00. The molecule has 1 spiro atoms. The highest BCUT2D eigenvalue weighted by Crippen LogP contribution is 2.41. The van der Waals surface area contributed by atoms with E-state index in [2.05, 4.69) is 12.2 Å². The van der Waals surface area contributed by atoms with Crippen LogP contribution in [0.1, 0.15) is 45.4 Å². The molecule has 2 fully saturated rings. The monoisotopic (exact) mass is 167 g/mol. The Morgan fingerprint density at radius 2 is 2.17 bits per heavy atom. The van der Waals surface area contributed by atoms with Gasteiger partial charge in [0, 0.05) is 6.54 Å². The van der Waals surface area contributed by atoms with Crippen LogP contribution >= 0.6 is 0 Å². The van der Waals surface area contributed by atoms with Gasteiger partial charge in [0.15, 0.2) is 0 Å². The average Bonchev–Trinajstić information content (AvgIpc) is 2.39. The SMILES string of the molecule is CC1CCCCC2(CCNC2)C1. The predicted molar refractivity (Wildman–Crippen MR) is 52.2 cm³/mol. The van der Waals surface area contributed by atoms with Crippen LogP contribution in [0.4, 0.5) is 0 Å². The minimum atomic E-state index is 0.718. The fourth-order valence-electron chi connectivity index (χ4n) is 3.12. The molecule has 70 valence electrons. The molecule has 2 atom stereocenters. The largest absolute Gasteiger partial charge is 0.316 e. The van der Waals surface area contributed by atoms with Crippen LogP contribution in [-0.2, 0) is 0 Å². The Balaban J connectivity index is 2.02. The molecular weight excluding hydrogens is 146 g/mol. The lowest BCUT2D eigenvalue weighted by molar-refractivity contribution is 0.245. The summed E-state index contributed by atoms with van der Waals surface area (Å²) in [6.45, 7) is 5.01. The second kappa shape index (κ2) is 3.37. The molecule has 0 aromatic rings. The summed E-state index contributed by atoms with van der Waals surface area (Å²) in [6.07, 6.45) is 8.85. The Labute approximate surface area is 75.9 Å². The van der Waals surface area contributed by atoms with E-state index in [9.17, 15) is 0 Å². The first-order valence-corrected chi connectivity index (χ1v) is 5.52. The van der Waals surface area contributed by atoms with E-state index in [1.807, 2.05) is 0 Å². The van der Waals surface area contributed by atoms with E-state index in [-0.39, 0.29) is 0 Å². The smallest absolute Gasteiger partial charge is 0.000839 e. The third kappa shape index (κ3) is 1.66. The maximum Gasteiger partial charge on any atom is 0.000839 e. The Kier molecular flexibility index (Phi) is 2.40. The standard InChI is InChI=1S/C11H21N/c1-10-4-2-3-5-11(8-10)6-7-12-9-11/h10,12H,2-9H2,1H3. The lowest BCUT2D eigenvalue weighted by atomic mass is 9.77. The van der Waals surface area contributed by atoms with Crippen molar-refractivity contribution in [2.45, 2.75) is 45.4 Å². The Bertz CT molecular complexity index is 147. The number of nitrogens with one attached hydrogen (secondary N) is 1. The molecule has 12 heavy (non-hydrogen) atoms. The zero-order chi connectivity index (χ0) is 8.44. The van der Waals surface area contributed by atoms with Gasteiger partial charge in [0.25, 0.3) is 0 Å². The summed E-state index contributed by atoms with van der Waals surface area (Å²) >= 11 is 0. The molecule has 2 rings (SSSR count). The van der Waals surface area contributed by atoms with Crippen LogP contribution in [0.3, 0.4) is 0 Å². The molecular formula is C11H21N. The third-order valence-corrected chi connectivity index (χ3v) is 3.77. The molecule has 0 amide bonds. The van der Waals surface area contributed by atoms with Crippen LogP contribution < -0.4 is 5.32 Å². The van der Waals surface area contributed by atoms with Gasteiger partial charge in [-0.15, -0.1) is 0 Å². The van der Waals surface area contributed by atoms with E-state index >= 15 is 0 Å². The van der Waals surface area contributed by atoms with Crippen LogP contribution in [-0.4, -0.2) is 13.1 Å². The molecule has 1 heterocycles. The number of rotatable bonds is 0. The highest BCUT2D eigenvalue weighted by Gasteiger charge is 2.35. The van der Waals surface area contributed by atoms with Gasteiger partial charge in [0.1, 0.15) is 0 Å². The van der Waals surface area contributed by atoms with Crippen LogP contribution in [0.5, 0.6) is 0 Å². The summed E-state index contributed by atoms with van der Waals surface area (Å²) in [6, 6.07) is 0. The van der Waals surface area contributed by atoms with Crippen LogP contribution in [0.15, 0.2) is 0 Å². The van der Waals surface area contributed by atoms with Crippen LogP contribution in [0, 0.1) is 11.3 Å². The molecule has 0 aromatic carbocycles. The van der Waals surface area contributed by atoms with Gasteiger partial charge >= 0.3 is 0 Å². The maximum atomic E-state index is 3.53. The first kappa shape index (κ1) is 8.55. The van der Waals surface area contributed by atoms with Crippen molar-refractivity contribution < 1.29 is 0 Å². The van der Waals surface area contributed by atoms with E-state index in [0.29, 0.717) is 0 Å². The normalized spacial score (nSPS) is 43.2. The summed E-state index contributed by atoms with van der Waals surface area (Å²) in [4.78, 5) is 0. The summed E-state index contributed by atoms with van der Waals surface area (Å²) in [7, 11) is 0. The highest BCUT2D eigenvalue weighted by molar-refractivity contribution is 4.90. The number of hydrogen-bond acceptors (Lipinski definition) is 1. The van der Waals surface area contributed by atoms with Crippen molar-refractivity contribution in [3.05, 3.63) is 0 Å². The average molecular weight is 167 g/mol. The quantitative estimate of drug-likeness (QED) is 0.584. The van der Waals surface area contributed by atoms with Crippen molar-refractivity contribution in [2.75, 3.05) is 13.1 Å². The van der Waals surface area contributed by atoms with Gasteiger partial charge in [0.2, 0.25) is 0 Å². The molecule has 0 aromatic heterocycles. The van der Waals surface area contributed by atoms with Crippen LogP contribution in [0.2, 0.25) is 0 Å². The van der Waals surface area contributed by atoms with Crippen molar-refractivity contribution in [1.82, 2.24) is 5.32 Å². The van der Waals surface area contributed by atoms with Gasteiger partial charge in [-0.25, -0.2) is 0 Å². The van der Waals surface area contributed by atoms with Gasteiger partial charge in [0.05, 0.1) is 0 Å². The Morgan fingerprint density at radius 3 is 2.92 bits per heavy atom. The molecule has 1 heteroatoms. The van der Waals surface area contributed by atoms with Crippen molar-refractivity contribution in [1.29, 1.82) is 0 Å². The molecule has 1 saturated heterocycles. The lowest BCUT2D eigenvalue weighted by Gasteiger charge is -2.28. The topological polar surface area (TPSA) is 12.0 Å². The molecule has 2 aliphatic rings. The van der Waals surface area contributed by atoms with E-state index in [1.165, 1.54) is 51.6 Å². The van der Waals surface area contributed by atoms with Crippen molar-refractivity contribution in [2.24, 2.45) is 11.3 Å². The second-order valence-corrected chi connectivity index (χ2v) is 4.98. The molecule has 1 aliphatic carbocycles. The van der Waals surface area contributed by atoms with Crippen molar-refractivity contribution in [3.8, 4) is 0 Å². The summed E-state index contributed by atoms with van der Waals surface area (Å²) in [5, 5.41) is 3.53. The molecule has 1 N–H and O–H groups in total. The predicted octanol–water partition coefficient (Wildman–Crippen LogP) is 2.57. The van der Waals surface area contributed by atoms with Gasteiger partial charge in [-0.3, -0.25) is 0 Å². The first-order chi connectivity index (χ1) is 5.81. The van der Waals surface area contributed by atoms with Gasteiger partial charge in [-0.05, 0) is 37.1 Å². The molecule has 2 unspecified atom stereocenters.